The summed E-state index contributed by atoms with van der Waals surface area (Å²) in [4.78, 5) is 27.7. The number of aromatic nitrogens is 4. The molecule has 0 amide bonds. The number of aliphatic carboxylic acids is 1. The molecule has 222 valence electrons. The Morgan fingerprint density at radius 3 is 2.64 bits per heavy atom. The van der Waals surface area contributed by atoms with E-state index in [9.17, 15) is 9.90 Å². The Labute approximate surface area is 246 Å². The summed E-state index contributed by atoms with van der Waals surface area (Å²) in [7, 11) is 1.87. The van der Waals surface area contributed by atoms with Gasteiger partial charge in [-0.25, -0.2) is 4.68 Å². The summed E-state index contributed by atoms with van der Waals surface area (Å²) in [5.74, 6) is -0.308. The lowest BCUT2D eigenvalue weighted by molar-refractivity contribution is -0.147. The number of rotatable bonds is 7. The van der Waals surface area contributed by atoms with Crippen molar-refractivity contribution in [3.63, 3.8) is 0 Å². The Kier molecular flexibility index (Phi) is 9.26. The quantitative estimate of drug-likeness (QED) is 0.290. The number of aryl methyl sites for hydroxylation is 3. The largest absolute Gasteiger partial charge is 0.489 e. The monoisotopic (exact) mass is 573 g/mol. The van der Waals surface area contributed by atoms with Crippen molar-refractivity contribution in [2.24, 2.45) is 12.5 Å². The Morgan fingerprint density at radius 2 is 1.95 bits per heavy atom. The Morgan fingerprint density at radius 1 is 1.21 bits per heavy atom. The third-order valence-electron chi connectivity index (χ3n) is 8.23. The molecule has 10 nitrogen and oxygen atoms in total. The first-order chi connectivity index (χ1) is 20.0. The molecule has 0 fully saturated rings. The minimum absolute atomic E-state index is 0.0946. The molecule has 1 aliphatic rings. The first-order valence-corrected chi connectivity index (χ1v) is 14.0. The Bertz CT molecular complexity index is 1580. The van der Waals surface area contributed by atoms with Crippen LogP contribution < -0.4 is 4.74 Å². The molecule has 0 spiro atoms. The van der Waals surface area contributed by atoms with E-state index >= 15 is 0 Å². The van der Waals surface area contributed by atoms with Gasteiger partial charge in [-0.05, 0) is 74.1 Å². The normalized spacial score (nSPS) is 16.0. The highest BCUT2D eigenvalue weighted by Gasteiger charge is 2.40. The van der Waals surface area contributed by atoms with Crippen molar-refractivity contribution in [3.8, 4) is 5.75 Å². The van der Waals surface area contributed by atoms with Crippen molar-refractivity contribution < 1.29 is 24.5 Å². The summed E-state index contributed by atoms with van der Waals surface area (Å²) in [5.41, 5.74) is 7.01. The molecular weight excluding hydrogens is 534 g/mol. The van der Waals surface area contributed by atoms with Crippen molar-refractivity contribution in [1.29, 1.82) is 0 Å². The smallest absolute Gasteiger partial charge is 0.310 e. The van der Waals surface area contributed by atoms with Crippen LogP contribution in [-0.2, 0) is 29.7 Å². The minimum atomic E-state index is -1.05. The van der Waals surface area contributed by atoms with Gasteiger partial charge in [0.25, 0.3) is 6.47 Å². The fraction of sp³-hybridized carbons (Fsp3) is 0.406. The standard InChI is InChI=1S/C31H37N5O3.CH2O2/c1-7-24-18-36(17-23-15-32-13-12-27(23)39-24)16-22-14-21(9-8-19(22)2)28(31(4,5)30(37)38)25-10-11-26-29(20(25)3)33-34-35(26)6;2-1-3/h8-15,24,28H,7,16-18H2,1-6H3,(H,37,38);1H,(H,2,3)/t24-,28+;/m1./s1. The average Bonchev–Trinajstić information content (AvgIpc) is 3.23. The summed E-state index contributed by atoms with van der Waals surface area (Å²) in [6.45, 7) is 11.9. The number of nitrogens with zero attached hydrogens (tertiary/aromatic N) is 5. The Hall–Kier alpha value is -4.31. The molecule has 0 saturated carbocycles. The van der Waals surface area contributed by atoms with Crippen LogP contribution in [0, 0.1) is 19.3 Å². The molecule has 3 heterocycles. The van der Waals surface area contributed by atoms with E-state index < -0.39 is 11.4 Å². The van der Waals surface area contributed by atoms with Crippen molar-refractivity contribution in [1.82, 2.24) is 24.9 Å². The summed E-state index contributed by atoms with van der Waals surface area (Å²) in [6.07, 6.45) is 4.67. The van der Waals surface area contributed by atoms with Crippen molar-refractivity contribution >= 4 is 23.5 Å². The molecule has 0 bridgehead atoms. The summed E-state index contributed by atoms with van der Waals surface area (Å²) in [5, 5.41) is 25.8. The maximum Gasteiger partial charge on any atom is 0.310 e. The molecule has 2 aromatic carbocycles. The lowest BCUT2D eigenvalue weighted by atomic mass is 9.69. The van der Waals surface area contributed by atoms with Gasteiger partial charge in [-0.1, -0.05) is 36.4 Å². The molecule has 4 aromatic rings. The van der Waals surface area contributed by atoms with Crippen LogP contribution in [-0.4, -0.2) is 60.2 Å². The highest BCUT2D eigenvalue weighted by molar-refractivity contribution is 5.81. The van der Waals surface area contributed by atoms with Gasteiger partial charge in [-0.3, -0.25) is 19.5 Å². The zero-order valence-corrected chi connectivity index (χ0v) is 25.0. The average molecular weight is 574 g/mol. The molecule has 10 heteroatoms. The maximum absolute atomic E-state index is 12.6. The highest BCUT2D eigenvalue weighted by Crippen LogP contribution is 2.44. The van der Waals surface area contributed by atoms with Crippen LogP contribution >= 0.6 is 0 Å². The van der Waals surface area contributed by atoms with Crippen molar-refractivity contribution in [2.75, 3.05) is 6.54 Å². The summed E-state index contributed by atoms with van der Waals surface area (Å²) < 4.78 is 8.03. The molecule has 1 aliphatic heterocycles. The van der Waals surface area contributed by atoms with Crippen molar-refractivity contribution in [3.05, 3.63) is 82.2 Å². The molecule has 0 saturated heterocycles. The van der Waals surface area contributed by atoms with Crippen LogP contribution in [0.15, 0.2) is 48.8 Å². The molecule has 42 heavy (non-hydrogen) atoms. The Balaban J connectivity index is 0.00000129. The molecule has 0 unspecified atom stereocenters. The third-order valence-corrected chi connectivity index (χ3v) is 8.23. The summed E-state index contributed by atoms with van der Waals surface area (Å²) >= 11 is 0. The van der Waals surface area contributed by atoms with Gasteiger partial charge in [0.05, 0.1) is 10.9 Å². The van der Waals surface area contributed by atoms with Gasteiger partial charge < -0.3 is 14.9 Å². The first-order valence-electron chi connectivity index (χ1n) is 14.0. The van der Waals surface area contributed by atoms with E-state index in [1.54, 1.807) is 10.9 Å². The lowest BCUT2D eigenvalue weighted by Gasteiger charge is -2.33. The predicted molar refractivity (Wildman–Crippen MR) is 159 cm³/mol. The van der Waals surface area contributed by atoms with E-state index in [1.807, 2.05) is 52.2 Å². The van der Waals surface area contributed by atoms with E-state index in [0.717, 1.165) is 65.1 Å². The van der Waals surface area contributed by atoms with Gasteiger partial charge in [0, 0.05) is 50.6 Å². The number of ether oxygens (including phenoxy) is 1. The van der Waals surface area contributed by atoms with Crippen LogP contribution in [0.1, 0.15) is 66.5 Å². The number of pyridine rings is 1. The number of hydrogen-bond donors (Lipinski definition) is 2. The minimum Gasteiger partial charge on any atom is -0.489 e. The third kappa shape index (κ3) is 6.13. The first kappa shape index (κ1) is 30.6. The second-order valence-corrected chi connectivity index (χ2v) is 11.4. The van der Waals surface area contributed by atoms with E-state index in [4.69, 9.17) is 14.6 Å². The van der Waals surface area contributed by atoms with Crippen LogP contribution in [0.4, 0.5) is 0 Å². The van der Waals surface area contributed by atoms with Gasteiger partial charge >= 0.3 is 5.97 Å². The lowest BCUT2D eigenvalue weighted by Crippen LogP contribution is -2.33. The fourth-order valence-corrected chi connectivity index (χ4v) is 5.74. The van der Waals surface area contributed by atoms with Crippen LogP contribution in [0.25, 0.3) is 11.0 Å². The van der Waals surface area contributed by atoms with E-state index in [0.29, 0.717) is 0 Å². The molecule has 2 N–H and O–H groups in total. The molecule has 2 atom stereocenters. The van der Waals surface area contributed by atoms with Crippen molar-refractivity contribution in [2.45, 2.75) is 66.2 Å². The molecule has 0 radical (unpaired) electrons. The molecule has 0 aliphatic carbocycles. The van der Waals surface area contributed by atoms with Crippen LogP contribution in [0.3, 0.4) is 0 Å². The van der Waals surface area contributed by atoms with E-state index in [-0.39, 0.29) is 18.5 Å². The van der Waals surface area contributed by atoms with E-state index in [2.05, 4.69) is 52.2 Å². The number of carboxylic acids is 1. The number of benzene rings is 2. The van der Waals surface area contributed by atoms with Gasteiger partial charge in [0.2, 0.25) is 0 Å². The second-order valence-electron chi connectivity index (χ2n) is 11.4. The zero-order valence-electron chi connectivity index (χ0n) is 25.0. The predicted octanol–water partition coefficient (Wildman–Crippen LogP) is 5.10. The van der Waals surface area contributed by atoms with Gasteiger partial charge in [0.1, 0.15) is 17.4 Å². The summed E-state index contributed by atoms with van der Waals surface area (Å²) in [6, 6.07) is 12.4. The molecule has 5 rings (SSSR count). The number of fused-ring (bicyclic) bond motifs is 2. The maximum atomic E-state index is 12.6. The van der Waals surface area contributed by atoms with Gasteiger partial charge in [-0.2, -0.15) is 0 Å². The fourth-order valence-electron chi connectivity index (χ4n) is 5.74. The highest BCUT2D eigenvalue weighted by atomic mass is 16.5. The SMILES string of the molecule is CC[C@@H]1CN(Cc2cc([C@@H](c3ccc4c(nnn4C)c3C)C(C)(C)C(=O)O)ccc2C)Cc2cnccc2O1.O=CO. The molecule has 2 aromatic heterocycles. The molecular formula is C32H39N5O5. The van der Waals surface area contributed by atoms with E-state index in [1.165, 1.54) is 11.1 Å². The van der Waals surface area contributed by atoms with Gasteiger partial charge in [-0.15, -0.1) is 5.10 Å². The number of carboxylic acid groups (broad SMARTS) is 2. The van der Waals surface area contributed by atoms with Gasteiger partial charge in [0.15, 0.2) is 0 Å². The number of hydrogen-bond acceptors (Lipinski definition) is 7. The second kappa shape index (κ2) is 12.7. The topological polar surface area (TPSA) is 131 Å². The zero-order chi connectivity index (χ0) is 30.6. The van der Waals surface area contributed by atoms with Crippen LogP contribution in [0.2, 0.25) is 0 Å². The number of carbonyl (C=O) groups is 2. The van der Waals surface area contributed by atoms with Crippen LogP contribution in [0.5, 0.6) is 5.75 Å².